The molecule has 0 radical (unpaired) electrons. The van der Waals surface area contributed by atoms with Gasteiger partial charge in [-0.3, -0.25) is 0 Å². The average molecular weight is 238 g/mol. The van der Waals surface area contributed by atoms with Crippen LogP contribution in [0.15, 0.2) is 0 Å². The smallest absolute Gasteiger partial charge is 0.0104 e. The Morgan fingerprint density at radius 3 is 2.59 bits per heavy atom. The number of piperidine rings is 1. The van der Waals surface area contributed by atoms with E-state index in [0.717, 1.165) is 18.0 Å². The summed E-state index contributed by atoms with van der Waals surface area (Å²) in [4.78, 5) is 2.56. The first-order valence-electron chi connectivity index (χ1n) is 7.71. The van der Waals surface area contributed by atoms with Gasteiger partial charge >= 0.3 is 0 Å². The lowest BCUT2D eigenvalue weighted by Crippen LogP contribution is -2.42. The molecule has 2 fully saturated rings. The number of hydrogen-bond donors (Lipinski definition) is 1. The molecule has 2 aliphatic rings. The van der Waals surface area contributed by atoms with Crippen molar-refractivity contribution in [1.29, 1.82) is 0 Å². The van der Waals surface area contributed by atoms with Crippen molar-refractivity contribution in [2.45, 2.75) is 70.4 Å². The van der Waals surface area contributed by atoms with Gasteiger partial charge in [0.15, 0.2) is 0 Å². The highest BCUT2D eigenvalue weighted by atomic mass is 15.1. The van der Waals surface area contributed by atoms with Gasteiger partial charge in [-0.15, -0.1) is 0 Å². The first-order valence-corrected chi connectivity index (χ1v) is 7.71. The normalized spacial score (nSPS) is 36.0. The van der Waals surface area contributed by atoms with Crippen LogP contribution in [0.1, 0.15) is 58.3 Å². The Kier molecular flexibility index (Phi) is 5.30. The van der Waals surface area contributed by atoms with E-state index in [-0.39, 0.29) is 0 Å². The first-order chi connectivity index (χ1) is 8.27. The Bertz CT molecular complexity index is 195. The lowest BCUT2D eigenvalue weighted by atomic mass is 9.86. The Morgan fingerprint density at radius 1 is 1.06 bits per heavy atom. The third-order valence-corrected chi connectivity index (χ3v) is 4.92. The summed E-state index contributed by atoms with van der Waals surface area (Å²) in [5.41, 5.74) is 0. The molecule has 0 amide bonds. The van der Waals surface area contributed by atoms with Crippen LogP contribution < -0.4 is 5.32 Å². The number of nitrogens with zero attached hydrogens (tertiary/aromatic N) is 1. The summed E-state index contributed by atoms with van der Waals surface area (Å²) in [7, 11) is 2.30. The van der Waals surface area contributed by atoms with Crippen LogP contribution in [0.3, 0.4) is 0 Å². The van der Waals surface area contributed by atoms with E-state index in [9.17, 15) is 0 Å². The lowest BCUT2D eigenvalue weighted by molar-refractivity contribution is 0.170. The van der Waals surface area contributed by atoms with E-state index in [1.807, 2.05) is 0 Å². The maximum Gasteiger partial charge on any atom is 0.0104 e. The molecule has 3 unspecified atom stereocenters. The molecule has 1 aliphatic carbocycles. The zero-order chi connectivity index (χ0) is 12.1. The van der Waals surface area contributed by atoms with Gasteiger partial charge in [-0.05, 0) is 58.2 Å². The van der Waals surface area contributed by atoms with Crippen LogP contribution in [0.5, 0.6) is 0 Å². The summed E-state index contributed by atoms with van der Waals surface area (Å²) in [6.07, 6.45) is 11.3. The zero-order valence-electron chi connectivity index (χ0n) is 11.8. The Morgan fingerprint density at radius 2 is 1.82 bits per heavy atom. The second kappa shape index (κ2) is 6.75. The van der Waals surface area contributed by atoms with Gasteiger partial charge in [-0.2, -0.15) is 0 Å². The van der Waals surface area contributed by atoms with Crippen molar-refractivity contribution in [2.75, 3.05) is 20.1 Å². The van der Waals surface area contributed by atoms with E-state index >= 15 is 0 Å². The summed E-state index contributed by atoms with van der Waals surface area (Å²) in [6.45, 7) is 4.96. The molecule has 0 aromatic carbocycles. The van der Waals surface area contributed by atoms with Crippen LogP contribution in [0, 0.1) is 5.92 Å². The molecule has 0 aromatic rings. The molecule has 2 heteroatoms. The molecule has 1 heterocycles. The first kappa shape index (κ1) is 13.4. The van der Waals surface area contributed by atoms with E-state index in [1.165, 1.54) is 64.5 Å². The highest BCUT2D eigenvalue weighted by Gasteiger charge is 2.22. The summed E-state index contributed by atoms with van der Waals surface area (Å²) in [5, 5.41) is 3.81. The maximum absolute atomic E-state index is 3.81. The molecular weight excluding hydrogens is 208 g/mol. The summed E-state index contributed by atoms with van der Waals surface area (Å²) >= 11 is 0. The van der Waals surface area contributed by atoms with Crippen molar-refractivity contribution in [2.24, 2.45) is 5.92 Å². The second-order valence-corrected chi connectivity index (χ2v) is 6.24. The van der Waals surface area contributed by atoms with E-state index in [2.05, 4.69) is 24.2 Å². The molecule has 0 aromatic heterocycles. The van der Waals surface area contributed by atoms with Crippen LogP contribution in [0.25, 0.3) is 0 Å². The molecule has 17 heavy (non-hydrogen) atoms. The monoisotopic (exact) mass is 238 g/mol. The van der Waals surface area contributed by atoms with E-state index in [1.54, 1.807) is 0 Å². The molecule has 1 N–H and O–H groups in total. The molecule has 0 spiro atoms. The number of hydrogen-bond acceptors (Lipinski definition) is 2. The Hall–Kier alpha value is -0.0800. The zero-order valence-corrected chi connectivity index (χ0v) is 11.8. The van der Waals surface area contributed by atoms with Crippen molar-refractivity contribution in [3.8, 4) is 0 Å². The average Bonchev–Trinajstić information content (AvgIpc) is 2.34. The van der Waals surface area contributed by atoms with Crippen molar-refractivity contribution in [3.63, 3.8) is 0 Å². The van der Waals surface area contributed by atoms with Crippen molar-refractivity contribution in [1.82, 2.24) is 10.2 Å². The fourth-order valence-electron chi connectivity index (χ4n) is 3.56. The SMILES string of the molecule is CC1CCCCC1NCCC1CCCCN1C. The van der Waals surface area contributed by atoms with Gasteiger partial charge in [0.1, 0.15) is 0 Å². The van der Waals surface area contributed by atoms with Crippen LogP contribution in [0.2, 0.25) is 0 Å². The van der Waals surface area contributed by atoms with Crippen LogP contribution >= 0.6 is 0 Å². The van der Waals surface area contributed by atoms with E-state index in [0.29, 0.717) is 0 Å². The van der Waals surface area contributed by atoms with Gasteiger partial charge in [0.2, 0.25) is 0 Å². The third kappa shape index (κ3) is 3.96. The topological polar surface area (TPSA) is 15.3 Å². The van der Waals surface area contributed by atoms with Gasteiger partial charge < -0.3 is 10.2 Å². The molecule has 3 atom stereocenters. The minimum absolute atomic E-state index is 0.803. The number of nitrogens with one attached hydrogen (secondary N) is 1. The minimum atomic E-state index is 0.803. The molecule has 100 valence electrons. The standard InChI is InChI=1S/C15H30N2/c1-13-7-3-4-9-15(13)16-11-10-14-8-5-6-12-17(14)2/h13-16H,3-12H2,1-2H3. The van der Waals surface area contributed by atoms with Crippen molar-refractivity contribution >= 4 is 0 Å². The van der Waals surface area contributed by atoms with Crippen molar-refractivity contribution in [3.05, 3.63) is 0 Å². The molecular formula is C15H30N2. The van der Waals surface area contributed by atoms with Gasteiger partial charge in [0, 0.05) is 12.1 Å². The molecule has 2 nitrogen and oxygen atoms in total. The molecule has 1 aliphatic heterocycles. The maximum atomic E-state index is 3.81. The highest BCUT2D eigenvalue weighted by molar-refractivity contribution is 4.80. The predicted molar refractivity (Wildman–Crippen MR) is 74.3 cm³/mol. The van der Waals surface area contributed by atoms with Gasteiger partial charge in [0.25, 0.3) is 0 Å². The Labute approximate surface area is 107 Å². The van der Waals surface area contributed by atoms with Crippen LogP contribution in [-0.2, 0) is 0 Å². The lowest BCUT2D eigenvalue weighted by Gasteiger charge is -2.34. The quantitative estimate of drug-likeness (QED) is 0.810. The van der Waals surface area contributed by atoms with Gasteiger partial charge in [-0.25, -0.2) is 0 Å². The number of likely N-dealkylation sites (tertiary alicyclic amines) is 1. The van der Waals surface area contributed by atoms with Crippen LogP contribution in [0.4, 0.5) is 0 Å². The summed E-state index contributed by atoms with van der Waals surface area (Å²) in [5.74, 6) is 0.896. The molecule has 2 rings (SSSR count). The molecule has 1 saturated carbocycles. The second-order valence-electron chi connectivity index (χ2n) is 6.24. The number of rotatable bonds is 4. The molecule has 1 saturated heterocycles. The fourth-order valence-corrected chi connectivity index (χ4v) is 3.56. The summed E-state index contributed by atoms with van der Waals surface area (Å²) < 4.78 is 0. The fraction of sp³-hybridized carbons (Fsp3) is 1.00. The van der Waals surface area contributed by atoms with Crippen molar-refractivity contribution < 1.29 is 0 Å². The Balaban J connectivity index is 1.64. The summed E-state index contributed by atoms with van der Waals surface area (Å²) in [6, 6.07) is 1.65. The van der Waals surface area contributed by atoms with Crippen LogP contribution in [-0.4, -0.2) is 37.1 Å². The van der Waals surface area contributed by atoms with Gasteiger partial charge in [0.05, 0.1) is 0 Å². The minimum Gasteiger partial charge on any atom is -0.314 e. The van der Waals surface area contributed by atoms with E-state index in [4.69, 9.17) is 0 Å². The third-order valence-electron chi connectivity index (χ3n) is 4.92. The highest BCUT2D eigenvalue weighted by Crippen LogP contribution is 2.24. The molecule has 0 bridgehead atoms. The van der Waals surface area contributed by atoms with Gasteiger partial charge in [-0.1, -0.05) is 26.2 Å². The largest absolute Gasteiger partial charge is 0.314 e. The predicted octanol–water partition coefficient (Wildman–Crippen LogP) is 3.03. The van der Waals surface area contributed by atoms with E-state index < -0.39 is 0 Å².